The maximum atomic E-state index is 10.8. The molecule has 1 aromatic heterocycles. The van der Waals surface area contributed by atoms with Gasteiger partial charge in [-0.05, 0) is 18.4 Å². The SMILES string of the molecule is O=C(O)c1sc(CC2CCCCC2)cc1O. The molecule has 1 fully saturated rings. The van der Waals surface area contributed by atoms with Crippen molar-refractivity contribution in [1.82, 2.24) is 0 Å². The third-order valence-corrected chi connectivity index (χ3v) is 4.31. The molecule has 4 heteroatoms. The highest BCUT2D eigenvalue weighted by atomic mass is 32.1. The van der Waals surface area contributed by atoms with Gasteiger partial charge in [-0.25, -0.2) is 4.79 Å². The van der Waals surface area contributed by atoms with Gasteiger partial charge in [0.25, 0.3) is 0 Å². The van der Waals surface area contributed by atoms with Crippen molar-refractivity contribution in [3.05, 3.63) is 15.8 Å². The van der Waals surface area contributed by atoms with Gasteiger partial charge in [-0.2, -0.15) is 0 Å². The van der Waals surface area contributed by atoms with Crippen LogP contribution < -0.4 is 0 Å². The summed E-state index contributed by atoms with van der Waals surface area (Å²) in [5.41, 5.74) is 0. The Morgan fingerprint density at radius 3 is 2.62 bits per heavy atom. The fraction of sp³-hybridized carbons (Fsp3) is 0.583. The van der Waals surface area contributed by atoms with E-state index in [1.807, 2.05) is 0 Å². The van der Waals surface area contributed by atoms with Crippen molar-refractivity contribution in [1.29, 1.82) is 0 Å². The van der Waals surface area contributed by atoms with Crippen molar-refractivity contribution in [2.75, 3.05) is 0 Å². The smallest absolute Gasteiger partial charge is 0.349 e. The summed E-state index contributed by atoms with van der Waals surface area (Å²) in [5.74, 6) is -0.436. The molecule has 0 amide bonds. The monoisotopic (exact) mass is 240 g/mol. The summed E-state index contributed by atoms with van der Waals surface area (Å²) in [7, 11) is 0. The molecule has 0 radical (unpaired) electrons. The van der Waals surface area contributed by atoms with Crippen LogP contribution in [-0.4, -0.2) is 16.2 Å². The van der Waals surface area contributed by atoms with Crippen molar-refractivity contribution in [2.24, 2.45) is 5.92 Å². The second-order valence-electron chi connectivity index (χ2n) is 4.44. The molecule has 1 saturated carbocycles. The van der Waals surface area contributed by atoms with E-state index in [4.69, 9.17) is 5.11 Å². The van der Waals surface area contributed by atoms with E-state index in [9.17, 15) is 9.90 Å². The van der Waals surface area contributed by atoms with Crippen LogP contribution in [0.2, 0.25) is 0 Å². The Hall–Kier alpha value is -1.03. The summed E-state index contributed by atoms with van der Waals surface area (Å²) < 4.78 is 0. The lowest BCUT2D eigenvalue weighted by Crippen LogP contribution is -2.08. The average molecular weight is 240 g/mol. The lowest BCUT2D eigenvalue weighted by atomic mass is 9.87. The van der Waals surface area contributed by atoms with Crippen LogP contribution in [0.25, 0.3) is 0 Å². The molecule has 0 aromatic carbocycles. The molecule has 0 unspecified atom stereocenters. The van der Waals surface area contributed by atoms with Crippen LogP contribution in [0, 0.1) is 5.92 Å². The molecule has 2 rings (SSSR count). The van der Waals surface area contributed by atoms with Crippen LogP contribution in [-0.2, 0) is 6.42 Å². The molecule has 0 aliphatic heterocycles. The summed E-state index contributed by atoms with van der Waals surface area (Å²) in [4.78, 5) is 11.9. The number of thiophene rings is 1. The Morgan fingerprint density at radius 1 is 1.38 bits per heavy atom. The minimum Gasteiger partial charge on any atom is -0.506 e. The van der Waals surface area contributed by atoms with Crippen LogP contribution in [0.1, 0.15) is 46.7 Å². The van der Waals surface area contributed by atoms with E-state index in [-0.39, 0.29) is 10.6 Å². The molecular weight excluding hydrogens is 224 g/mol. The Kier molecular flexibility index (Phi) is 3.49. The molecule has 0 spiro atoms. The molecule has 0 saturated heterocycles. The highest BCUT2D eigenvalue weighted by Crippen LogP contribution is 2.33. The maximum absolute atomic E-state index is 10.8. The first-order valence-corrected chi connectivity index (χ1v) is 6.53. The molecule has 0 bridgehead atoms. The normalized spacial score (nSPS) is 17.5. The zero-order valence-corrected chi connectivity index (χ0v) is 9.92. The van der Waals surface area contributed by atoms with Crippen molar-refractivity contribution < 1.29 is 15.0 Å². The predicted octanol–water partition coefficient (Wildman–Crippen LogP) is 3.27. The Balaban J connectivity index is 2.03. The number of hydrogen-bond donors (Lipinski definition) is 2. The zero-order chi connectivity index (χ0) is 11.5. The second kappa shape index (κ2) is 4.87. The third kappa shape index (κ3) is 2.55. The Labute approximate surface area is 98.7 Å². The number of hydrogen-bond acceptors (Lipinski definition) is 3. The fourth-order valence-electron chi connectivity index (χ4n) is 2.36. The zero-order valence-electron chi connectivity index (χ0n) is 9.11. The molecular formula is C12H16O3S. The summed E-state index contributed by atoms with van der Waals surface area (Å²) in [6, 6.07) is 1.61. The molecule has 1 aromatic rings. The number of carbonyl (C=O) groups is 1. The van der Waals surface area contributed by atoms with Crippen molar-refractivity contribution in [3.63, 3.8) is 0 Å². The third-order valence-electron chi connectivity index (χ3n) is 3.17. The first-order valence-electron chi connectivity index (χ1n) is 5.72. The van der Waals surface area contributed by atoms with E-state index in [0.29, 0.717) is 5.92 Å². The van der Waals surface area contributed by atoms with Gasteiger partial charge in [0.15, 0.2) is 4.88 Å². The molecule has 1 aliphatic carbocycles. The molecule has 1 aliphatic rings. The summed E-state index contributed by atoms with van der Waals surface area (Å²) in [5, 5.41) is 18.3. The van der Waals surface area contributed by atoms with Gasteiger partial charge < -0.3 is 10.2 Å². The van der Waals surface area contributed by atoms with Gasteiger partial charge in [-0.3, -0.25) is 0 Å². The summed E-state index contributed by atoms with van der Waals surface area (Å²) >= 11 is 1.21. The summed E-state index contributed by atoms with van der Waals surface area (Å²) in [6.45, 7) is 0. The van der Waals surface area contributed by atoms with Gasteiger partial charge in [-0.1, -0.05) is 32.1 Å². The molecule has 0 atom stereocenters. The van der Waals surface area contributed by atoms with E-state index in [1.54, 1.807) is 6.07 Å². The number of aromatic carboxylic acids is 1. The van der Waals surface area contributed by atoms with Crippen molar-refractivity contribution in [3.8, 4) is 5.75 Å². The highest BCUT2D eigenvalue weighted by molar-refractivity contribution is 7.14. The van der Waals surface area contributed by atoms with Gasteiger partial charge in [0, 0.05) is 4.88 Å². The van der Waals surface area contributed by atoms with Crippen molar-refractivity contribution >= 4 is 17.3 Å². The van der Waals surface area contributed by atoms with Gasteiger partial charge in [0.2, 0.25) is 0 Å². The van der Waals surface area contributed by atoms with Crippen LogP contribution in [0.4, 0.5) is 0 Å². The van der Waals surface area contributed by atoms with Crippen LogP contribution >= 0.6 is 11.3 Å². The van der Waals surface area contributed by atoms with E-state index in [0.717, 1.165) is 11.3 Å². The Morgan fingerprint density at radius 2 is 2.06 bits per heavy atom. The predicted molar refractivity (Wildman–Crippen MR) is 63.2 cm³/mol. The van der Waals surface area contributed by atoms with E-state index in [1.165, 1.54) is 43.4 Å². The quantitative estimate of drug-likeness (QED) is 0.852. The minimum atomic E-state index is -1.03. The topological polar surface area (TPSA) is 57.5 Å². The Bertz CT molecular complexity index is 378. The molecule has 3 nitrogen and oxygen atoms in total. The number of rotatable bonds is 3. The van der Waals surface area contributed by atoms with Crippen LogP contribution in [0.5, 0.6) is 5.75 Å². The second-order valence-corrected chi connectivity index (χ2v) is 5.58. The molecule has 2 N–H and O–H groups in total. The number of carboxylic acid groups (broad SMARTS) is 1. The van der Waals surface area contributed by atoms with Crippen LogP contribution in [0.3, 0.4) is 0 Å². The van der Waals surface area contributed by atoms with Crippen LogP contribution in [0.15, 0.2) is 6.07 Å². The minimum absolute atomic E-state index is 0.0748. The van der Waals surface area contributed by atoms with E-state index >= 15 is 0 Å². The van der Waals surface area contributed by atoms with Gasteiger partial charge in [0.1, 0.15) is 5.75 Å². The van der Waals surface area contributed by atoms with Crippen molar-refractivity contribution in [2.45, 2.75) is 38.5 Å². The lowest BCUT2D eigenvalue weighted by Gasteiger charge is -2.20. The lowest BCUT2D eigenvalue weighted by molar-refractivity contribution is 0.0699. The fourth-order valence-corrected chi connectivity index (χ4v) is 3.36. The molecule has 1 heterocycles. The number of carboxylic acids is 1. The summed E-state index contributed by atoms with van der Waals surface area (Å²) in [6.07, 6.45) is 7.29. The van der Waals surface area contributed by atoms with Gasteiger partial charge >= 0.3 is 5.97 Å². The highest BCUT2D eigenvalue weighted by Gasteiger charge is 2.19. The van der Waals surface area contributed by atoms with Gasteiger partial charge in [0.05, 0.1) is 0 Å². The standard InChI is InChI=1S/C12H16O3S/c13-10-7-9(16-11(10)12(14)15)6-8-4-2-1-3-5-8/h7-8,13H,1-6H2,(H,14,15). The number of aromatic hydroxyl groups is 1. The average Bonchev–Trinajstić information content (AvgIpc) is 2.61. The largest absolute Gasteiger partial charge is 0.506 e. The first-order chi connectivity index (χ1) is 7.66. The molecule has 16 heavy (non-hydrogen) atoms. The first kappa shape index (κ1) is 11.5. The maximum Gasteiger partial charge on any atom is 0.349 e. The van der Waals surface area contributed by atoms with Gasteiger partial charge in [-0.15, -0.1) is 11.3 Å². The van der Waals surface area contributed by atoms with E-state index < -0.39 is 5.97 Å². The van der Waals surface area contributed by atoms with E-state index in [2.05, 4.69) is 0 Å². The molecule has 88 valence electrons.